The van der Waals surface area contributed by atoms with Crippen LogP contribution in [0.5, 0.6) is 0 Å². The van der Waals surface area contributed by atoms with Crippen molar-refractivity contribution in [2.24, 2.45) is 0 Å². The second-order valence-electron chi connectivity index (χ2n) is 7.32. The molecule has 1 aromatic carbocycles. The van der Waals surface area contributed by atoms with Gasteiger partial charge in [0.1, 0.15) is 29.1 Å². The number of ether oxygens (including phenoxy) is 1. The second-order valence-corrected chi connectivity index (χ2v) is 7.32. The molecule has 2 aromatic rings. The summed E-state index contributed by atoms with van der Waals surface area (Å²) in [5.74, 6) is -1.62. The Balaban J connectivity index is 2.07. The van der Waals surface area contributed by atoms with E-state index in [1.54, 1.807) is 32.9 Å². The van der Waals surface area contributed by atoms with E-state index in [1.807, 2.05) is 0 Å². The molecule has 1 aromatic heterocycles. The summed E-state index contributed by atoms with van der Waals surface area (Å²) in [5.41, 5.74) is 0.292. The molecule has 0 aliphatic carbocycles. The number of carbonyl (C=O) groups excluding carboxylic acids is 2. The smallest absolute Gasteiger partial charge is 0.408 e. The molecule has 0 radical (unpaired) electrons. The zero-order chi connectivity index (χ0) is 20.9. The van der Waals surface area contributed by atoms with E-state index in [4.69, 9.17) is 4.74 Å². The summed E-state index contributed by atoms with van der Waals surface area (Å²) in [5, 5.41) is 5.06. The van der Waals surface area contributed by atoms with Crippen LogP contribution >= 0.6 is 0 Å². The first-order valence-corrected chi connectivity index (χ1v) is 8.73. The lowest BCUT2D eigenvalue weighted by Crippen LogP contribution is -2.44. The Bertz CT molecular complexity index is 846. The number of carbonyl (C=O) groups is 2. The third kappa shape index (κ3) is 6.61. The van der Waals surface area contributed by atoms with Crippen LogP contribution in [0.1, 0.15) is 38.8 Å². The topological polar surface area (TPSA) is 80.3 Å². The maximum atomic E-state index is 13.4. The minimum absolute atomic E-state index is 0.173. The number of hydrogen-bond acceptors (Lipinski definition) is 4. The van der Waals surface area contributed by atoms with E-state index < -0.39 is 35.3 Å². The predicted octanol–water partition coefficient (Wildman–Crippen LogP) is 3.80. The quantitative estimate of drug-likeness (QED) is 0.812. The maximum absolute atomic E-state index is 13.4. The van der Waals surface area contributed by atoms with Crippen LogP contribution in [0.4, 0.5) is 19.4 Å². The highest BCUT2D eigenvalue weighted by molar-refractivity contribution is 5.96. The third-order valence-corrected chi connectivity index (χ3v) is 3.58. The zero-order valence-corrected chi connectivity index (χ0v) is 16.2. The van der Waals surface area contributed by atoms with Crippen molar-refractivity contribution in [3.63, 3.8) is 0 Å². The number of rotatable bonds is 5. The number of halogens is 2. The first kappa shape index (κ1) is 21.3. The Morgan fingerprint density at radius 3 is 2.43 bits per heavy atom. The average molecular weight is 391 g/mol. The molecule has 0 aliphatic rings. The van der Waals surface area contributed by atoms with Crippen LogP contribution in [0.2, 0.25) is 0 Å². The number of aromatic nitrogens is 1. The predicted molar refractivity (Wildman–Crippen MR) is 101 cm³/mol. The number of nitrogens with zero attached hydrogens (tertiary/aromatic N) is 1. The lowest BCUT2D eigenvalue weighted by atomic mass is 10.1. The normalized spacial score (nSPS) is 12.2. The monoisotopic (exact) mass is 391 g/mol. The van der Waals surface area contributed by atoms with Crippen molar-refractivity contribution in [2.75, 3.05) is 5.32 Å². The lowest BCUT2D eigenvalue weighted by Gasteiger charge is -2.21. The van der Waals surface area contributed by atoms with Crippen molar-refractivity contribution in [3.05, 3.63) is 59.3 Å². The van der Waals surface area contributed by atoms with Crippen LogP contribution in [0.25, 0.3) is 0 Å². The number of nitrogens with one attached hydrogen (secondary N) is 2. The molecule has 2 N–H and O–H groups in total. The van der Waals surface area contributed by atoms with Crippen LogP contribution in [0.15, 0.2) is 36.5 Å². The molecule has 0 spiro atoms. The molecule has 0 saturated carbocycles. The summed E-state index contributed by atoms with van der Waals surface area (Å²) in [6, 6.07) is 5.69. The van der Waals surface area contributed by atoms with Crippen molar-refractivity contribution in [1.82, 2.24) is 10.3 Å². The Morgan fingerprint density at radius 1 is 1.18 bits per heavy atom. The molecule has 0 saturated heterocycles. The van der Waals surface area contributed by atoms with Crippen molar-refractivity contribution >= 4 is 17.8 Å². The van der Waals surface area contributed by atoms with Gasteiger partial charge in [0.25, 0.3) is 0 Å². The first-order chi connectivity index (χ1) is 13.0. The number of benzene rings is 1. The van der Waals surface area contributed by atoms with Crippen molar-refractivity contribution in [2.45, 2.75) is 45.8 Å². The van der Waals surface area contributed by atoms with Gasteiger partial charge in [0.05, 0.1) is 0 Å². The van der Waals surface area contributed by atoms with Crippen molar-refractivity contribution in [1.29, 1.82) is 0 Å². The van der Waals surface area contributed by atoms with E-state index in [2.05, 4.69) is 15.6 Å². The molecule has 0 aliphatic heterocycles. The molecule has 0 unspecified atom stereocenters. The summed E-state index contributed by atoms with van der Waals surface area (Å²) < 4.78 is 31.9. The van der Waals surface area contributed by atoms with Crippen LogP contribution < -0.4 is 10.6 Å². The average Bonchev–Trinajstić information content (AvgIpc) is 2.53. The minimum atomic E-state index is -0.878. The second kappa shape index (κ2) is 8.77. The van der Waals surface area contributed by atoms with Gasteiger partial charge in [0.15, 0.2) is 0 Å². The van der Waals surface area contributed by atoms with E-state index in [-0.39, 0.29) is 12.2 Å². The minimum Gasteiger partial charge on any atom is -0.444 e. The standard InChI is InChI=1S/C20H23F2N3O3/c1-12(24-19(27)28-20(2,3)4)18(26)25-17-14(6-5-7-23-17)8-13-9-15(21)11-16(22)10-13/h5-7,9-12H,8H2,1-4H3,(H,24,27)(H,23,25,26)/t12-/m0/s1. The molecule has 2 amide bonds. The molecule has 1 atom stereocenters. The van der Waals surface area contributed by atoms with Crippen LogP contribution in [-0.2, 0) is 16.0 Å². The summed E-state index contributed by atoms with van der Waals surface area (Å²) in [7, 11) is 0. The molecule has 0 fully saturated rings. The summed E-state index contributed by atoms with van der Waals surface area (Å²) in [4.78, 5) is 28.3. The molecule has 150 valence electrons. The van der Waals surface area contributed by atoms with Crippen LogP contribution in [-0.4, -0.2) is 28.6 Å². The van der Waals surface area contributed by atoms with Gasteiger partial charge in [-0.1, -0.05) is 6.07 Å². The number of hydrogen-bond donors (Lipinski definition) is 2. The third-order valence-electron chi connectivity index (χ3n) is 3.58. The highest BCUT2D eigenvalue weighted by atomic mass is 19.1. The van der Waals surface area contributed by atoms with Gasteiger partial charge in [-0.15, -0.1) is 0 Å². The molecule has 8 heteroatoms. The molecule has 28 heavy (non-hydrogen) atoms. The molecule has 1 heterocycles. The number of pyridine rings is 1. The van der Waals surface area contributed by atoms with Crippen molar-refractivity contribution in [3.8, 4) is 0 Å². The molecule has 6 nitrogen and oxygen atoms in total. The van der Waals surface area contributed by atoms with Gasteiger partial charge in [-0.05, 0) is 57.0 Å². The van der Waals surface area contributed by atoms with Gasteiger partial charge < -0.3 is 15.4 Å². The molecular weight excluding hydrogens is 368 g/mol. The molecular formula is C20H23F2N3O3. The van der Waals surface area contributed by atoms with E-state index >= 15 is 0 Å². The highest BCUT2D eigenvalue weighted by Gasteiger charge is 2.22. The Kier molecular flexibility index (Phi) is 6.66. The Morgan fingerprint density at radius 2 is 1.82 bits per heavy atom. The van der Waals surface area contributed by atoms with Gasteiger partial charge in [-0.3, -0.25) is 4.79 Å². The number of anilines is 1. The summed E-state index contributed by atoms with van der Waals surface area (Å²) in [6.45, 7) is 6.65. The van der Waals surface area contributed by atoms with Gasteiger partial charge >= 0.3 is 6.09 Å². The Hall–Kier alpha value is -3.03. The van der Waals surface area contributed by atoms with Crippen molar-refractivity contribution < 1.29 is 23.1 Å². The van der Waals surface area contributed by atoms with Crippen LogP contribution in [0.3, 0.4) is 0 Å². The summed E-state index contributed by atoms with van der Waals surface area (Å²) >= 11 is 0. The molecule has 0 bridgehead atoms. The van der Waals surface area contributed by atoms with E-state index in [0.29, 0.717) is 11.1 Å². The van der Waals surface area contributed by atoms with Gasteiger partial charge in [0, 0.05) is 18.7 Å². The van der Waals surface area contributed by atoms with E-state index in [9.17, 15) is 18.4 Å². The summed E-state index contributed by atoms with van der Waals surface area (Å²) in [6.07, 6.45) is 0.940. The fourth-order valence-corrected chi connectivity index (χ4v) is 2.40. The van der Waals surface area contributed by atoms with E-state index in [1.165, 1.54) is 25.3 Å². The Labute approximate surface area is 162 Å². The van der Waals surface area contributed by atoms with Gasteiger partial charge in [-0.25, -0.2) is 18.6 Å². The zero-order valence-electron chi connectivity index (χ0n) is 16.2. The van der Waals surface area contributed by atoms with E-state index in [0.717, 1.165) is 6.07 Å². The number of alkyl carbamates (subject to hydrolysis) is 1. The maximum Gasteiger partial charge on any atom is 0.408 e. The number of amides is 2. The fourth-order valence-electron chi connectivity index (χ4n) is 2.40. The lowest BCUT2D eigenvalue weighted by molar-refractivity contribution is -0.117. The van der Waals surface area contributed by atoms with Gasteiger partial charge in [-0.2, -0.15) is 0 Å². The van der Waals surface area contributed by atoms with Crippen LogP contribution in [0, 0.1) is 11.6 Å². The molecule has 2 rings (SSSR count). The van der Waals surface area contributed by atoms with Gasteiger partial charge in [0.2, 0.25) is 5.91 Å². The highest BCUT2D eigenvalue weighted by Crippen LogP contribution is 2.18. The SMILES string of the molecule is C[C@H](NC(=O)OC(C)(C)C)C(=O)Nc1ncccc1Cc1cc(F)cc(F)c1. The fraction of sp³-hybridized carbons (Fsp3) is 0.350. The first-order valence-electron chi connectivity index (χ1n) is 8.73. The largest absolute Gasteiger partial charge is 0.444 e.